The SMILES string of the molecule is COc1cc(C)c(OC)c(C(N)CCC(=O)O)c1. The molecule has 1 atom stereocenters. The molecule has 1 aromatic rings. The molecule has 0 saturated heterocycles. The molecule has 0 saturated carbocycles. The Morgan fingerprint density at radius 1 is 1.39 bits per heavy atom. The minimum atomic E-state index is -0.857. The highest BCUT2D eigenvalue weighted by Crippen LogP contribution is 2.33. The predicted octanol–water partition coefficient (Wildman–Crippen LogP) is 1.88. The van der Waals surface area contributed by atoms with E-state index in [4.69, 9.17) is 20.3 Å². The van der Waals surface area contributed by atoms with E-state index in [2.05, 4.69) is 0 Å². The highest BCUT2D eigenvalue weighted by molar-refractivity contribution is 5.66. The molecular weight excluding hydrogens is 234 g/mol. The number of methoxy groups -OCH3 is 2. The molecule has 3 N–H and O–H groups in total. The third-order valence-corrected chi connectivity index (χ3v) is 2.79. The van der Waals surface area contributed by atoms with E-state index in [9.17, 15) is 4.79 Å². The zero-order valence-corrected chi connectivity index (χ0v) is 10.9. The van der Waals surface area contributed by atoms with Crippen LogP contribution in [0.4, 0.5) is 0 Å². The Balaban J connectivity index is 3.04. The molecule has 0 aromatic heterocycles. The molecule has 0 heterocycles. The van der Waals surface area contributed by atoms with Crippen molar-refractivity contribution >= 4 is 5.97 Å². The lowest BCUT2D eigenvalue weighted by Gasteiger charge is -2.18. The molecule has 5 nitrogen and oxygen atoms in total. The van der Waals surface area contributed by atoms with Crippen LogP contribution in [0.2, 0.25) is 0 Å². The molecule has 0 fully saturated rings. The largest absolute Gasteiger partial charge is 0.497 e. The highest BCUT2D eigenvalue weighted by Gasteiger charge is 2.16. The van der Waals surface area contributed by atoms with Crippen molar-refractivity contribution in [3.05, 3.63) is 23.3 Å². The van der Waals surface area contributed by atoms with Gasteiger partial charge in [-0.3, -0.25) is 4.79 Å². The van der Waals surface area contributed by atoms with Gasteiger partial charge in [-0.2, -0.15) is 0 Å². The van der Waals surface area contributed by atoms with Crippen molar-refractivity contribution in [3.8, 4) is 11.5 Å². The molecule has 0 aliphatic rings. The van der Waals surface area contributed by atoms with Crippen molar-refractivity contribution in [1.29, 1.82) is 0 Å². The summed E-state index contributed by atoms with van der Waals surface area (Å²) in [4.78, 5) is 10.6. The predicted molar refractivity (Wildman–Crippen MR) is 68.1 cm³/mol. The molecule has 18 heavy (non-hydrogen) atoms. The van der Waals surface area contributed by atoms with Crippen LogP contribution in [-0.2, 0) is 4.79 Å². The molecular formula is C13H19NO4. The van der Waals surface area contributed by atoms with Crippen molar-refractivity contribution in [2.24, 2.45) is 5.73 Å². The van der Waals surface area contributed by atoms with Gasteiger partial charge in [0, 0.05) is 18.0 Å². The molecule has 5 heteroatoms. The molecule has 0 radical (unpaired) electrons. The van der Waals surface area contributed by atoms with Gasteiger partial charge in [0.05, 0.1) is 14.2 Å². The van der Waals surface area contributed by atoms with Crippen LogP contribution < -0.4 is 15.2 Å². The van der Waals surface area contributed by atoms with Crippen LogP contribution in [0, 0.1) is 6.92 Å². The first-order valence-corrected chi connectivity index (χ1v) is 5.69. The number of aryl methyl sites for hydroxylation is 1. The minimum Gasteiger partial charge on any atom is -0.497 e. The van der Waals surface area contributed by atoms with Gasteiger partial charge < -0.3 is 20.3 Å². The summed E-state index contributed by atoms with van der Waals surface area (Å²) in [6.45, 7) is 1.90. The number of hydrogen-bond acceptors (Lipinski definition) is 4. The molecule has 1 rings (SSSR count). The average molecular weight is 253 g/mol. The third-order valence-electron chi connectivity index (χ3n) is 2.79. The van der Waals surface area contributed by atoms with Crippen molar-refractivity contribution < 1.29 is 19.4 Å². The molecule has 0 bridgehead atoms. The Hall–Kier alpha value is -1.75. The molecule has 1 unspecified atom stereocenters. The summed E-state index contributed by atoms with van der Waals surface area (Å²) in [7, 11) is 3.15. The van der Waals surface area contributed by atoms with Crippen LogP contribution in [0.25, 0.3) is 0 Å². The number of benzene rings is 1. The molecule has 100 valence electrons. The van der Waals surface area contributed by atoms with Crippen molar-refractivity contribution in [1.82, 2.24) is 0 Å². The summed E-state index contributed by atoms with van der Waals surface area (Å²) >= 11 is 0. The van der Waals surface area contributed by atoms with Gasteiger partial charge in [0.15, 0.2) is 0 Å². The van der Waals surface area contributed by atoms with Gasteiger partial charge in [0.2, 0.25) is 0 Å². The standard InChI is InChI=1S/C13H19NO4/c1-8-6-9(17-2)7-10(13(8)18-3)11(14)4-5-12(15)16/h6-7,11H,4-5,14H2,1-3H3,(H,15,16). The molecule has 0 aliphatic heterocycles. The summed E-state index contributed by atoms with van der Waals surface area (Å²) in [5, 5.41) is 8.68. The van der Waals surface area contributed by atoms with E-state index in [1.165, 1.54) is 0 Å². The van der Waals surface area contributed by atoms with Gasteiger partial charge in [-0.1, -0.05) is 0 Å². The summed E-state index contributed by atoms with van der Waals surface area (Å²) in [6.07, 6.45) is 0.388. The summed E-state index contributed by atoms with van der Waals surface area (Å²) < 4.78 is 10.5. The zero-order valence-electron chi connectivity index (χ0n) is 10.9. The first kappa shape index (κ1) is 14.3. The Bertz CT molecular complexity index is 431. The maximum Gasteiger partial charge on any atom is 0.303 e. The number of carbonyl (C=O) groups is 1. The van der Waals surface area contributed by atoms with Crippen LogP contribution in [0.15, 0.2) is 12.1 Å². The molecule has 0 amide bonds. The third kappa shape index (κ3) is 3.37. The Morgan fingerprint density at radius 2 is 2.06 bits per heavy atom. The maximum atomic E-state index is 10.6. The van der Waals surface area contributed by atoms with E-state index < -0.39 is 5.97 Å². The van der Waals surface area contributed by atoms with Crippen molar-refractivity contribution in [3.63, 3.8) is 0 Å². The first-order chi connectivity index (χ1) is 8.49. The number of rotatable bonds is 6. The number of aliphatic carboxylic acids is 1. The van der Waals surface area contributed by atoms with Gasteiger partial charge >= 0.3 is 5.97 Å². The van der Waals surface area contributed by atoms with E-state index in [1.54, 1.807) is 20.3 Å². The lowest BCUT2D eigenvalue weighted by Crippen LogP contribution is -2.14. The maximum absolute atomic E-state index is 10.6. The minimum absolute atomic E-state index is 0.0284. The first-order valence-electron chi connectivity index (χ1n) is 5.69. The van der Waals surface area contributed by atoms with Crippen LogP contribution in [0.5, 0.6) is 11.5 Å². The Morgan fingerprint density at radius 3 is 2.56 bits per heavy atom. The highest BCUT2D eigenvalue weighted by atomic mass is 16.5. The summed E-state index contributed by atoms with van der Waals surface area (Å²) in [6, 6.07) is 3.26. The monoisotopic (exact) mass is 253 g/mol. The topological polar surface area (TPSA) is 81.8 Å². The van der Waals surface area contributed by atoms with Crippen LogP contribution in [0.1, 0.15) is 30.0 Å². The lowest BCUT2D eigenvalue weighted by molar-refractivity contribution is -0.137. The van der Waals surface area contributed by atoms with Gasteiger partial charge in [-0.15, -0.1) is 0 Å². The Labute approximate surface area is 107 Å². The number of nitrogens with two attached hydrogens (primary N) is 1. The summed E-state index contributed by atoms with van der Waals surface area (Å²) in [5.74, 6) is 0.520. The van der Waals surface area contributed by atoms with E-state index in [-0.39, 0.29) is 12.5 Å². The van der Waals surface area contributed by atoms with E-state index in [0.29, 0.717) is 17.9 Å². The van der Waals surface area contributed by atoms with Gasteiger partial charge in [-0.05, 0) is 31.0 Å². The Kier molecular flexibility index (Phi) is 4.97. The second kappa shape index (κ2) is 6.26. The second-order valence-corrected chi connectivity index (χ2v) is 4.11. The van der Waals surface area contributed by atoms with Crippen molar-refractivity contribution in [2.45, 2.75) is 25.8 Å². The normalized spacial score (nSPS) is 12.0. The number of carboxylic acid groups (broad SMARTS) is 1. The smallest absolute Gasteiger partial charge is 0.303 e. The van der Waals surface area contributed by atoms with Crippen molar-refractivity contribution in [2.75, 3.05) is 14.2 Å². The number of hydrogen-bond donors (Lipinski definition) is 2. The molecule has 0 aliphatic carbocycles. The van der Waals surface area contributed by atoms with Crippen LogP contribution in [0.3, 0.4) is 0 Å². The fourth-order valence-corrected chi connectivity index (χ4v) is 1.87. The number of carboxylic acids is 1. The molecule has 1 aromatic carbocycles. The van der Waals surface area contributed by atoms with Gasteiger partial charge in [0.1, 0.15) is 11.5 Å². The number of ether oxygens (including phenoxy) is 2. The van der Waals surface area contributed by atoms with E-state index in [1.807, 2.05) is 13.0 Å². The summed E-state index contributed by atoms with van der Waals surface area (Å²) in [5.41, 5.74) is 7.70. The van der Waals surface area contributed by atoms with Gasteiger partial charge in [-0.25, -0.2) is 0 Å². The molecule has 0 spiro atoms. The fourth-order valence-electron chi connectivity index (χ4n) is 1.87. The van der Waals surface area contributed by atoms with Gasteiger partial charge in [0.25, 0.3) is 0 Å². The lowest BCUT2D eigenvalue weighted by atomic mass is 9.99. The van der Waals surface area contributed by atoms with E-state index in [0.717, 1.165) is 11.1 Å². The second-order valence-electron chi connectivity index (χ2n) is 4.11. The zero-order chi connectivity index (χ0) is 13.7. The van der Waals surface area contributed by atoms with Crippen LogP contribution >= 0.6 is 0 Å². The van der Waals surface area contributed by atoms with E-state index >= 15 is 0 Å². The quantitative estimate of drug-likeness (QED) is 0.808. The van der Waals surface area contributed by atoms with Crippen LogP contribution in [-0.4, -0.2) is 25.3 Å². The average Bonchev–Trinajstić information content (AvgIpc) is 2.34. The fraction of sp³-hybridized carbons (Fsp3) is 0.462.